The largest absolute Gasteiger partial charge is 0.493 e. The van der Waals surface area contributed by atoms with Gasteiger partial charge in [0.25, 0.3) is 11.1 Å². The number of ether oxygens (including phenoxy) is 2. The van der Waals surface area contributed by atoms with Gasteiger partial charge in [-0.3, -0.25) is 19.5 Å². The highest BCUT2D eigenvalue weighted by Crippen LogP contribution is 2.41. The number of amides is 1. The van der Waals surface area contributed by atoms with E-state index in [0.717, 1.165) is 16.7 Å². The normalized spacial score (nSPS) is 14.9. The molecular formula is C28H27N3O5. The summed E-state index contributed by atoms with van der Waals surface area (Å²) in [5, 5.41) is 3.29. The Bertz CT molecular complexity index is 1540. The summed E-state index contributed by atoms with van der Waals surface area (Å²) in [5.41, 5.74) is 2.39. The van der Waals surface area contributed by atoms with Crippen LogP contribution in [0.2, 0.25) is 0 Å². The third kappa shape index (κ3) is 4.15. The van der Waals surface area contributed by atoms with E-state index in [1.165, 1.54) is 4.68 Å². The van der Waals surface area contributed by atoms with Crippen LogP contribution in [0.1, 0.15) is 29.2 Å². The number of hydrogen-bond donors (Lipinski definition) is 1. The van der Waals surface area contributed by atoms with E-state index in [1.54, 1.807) is 38.5 Å². The number of carbonyl (C=O) groups is 1. The number of methoxy groups -OCH3 is 2. The molecule has 36 heavy (non-hydrogen) atoms. The molecule has 0 bridgehead atoms. The quantitative estimate of drug-likeness (QED) is 0.453. The lowest BCUT2D eigenvalue weighted by molar-refractivity contribution is -0.133. The molecule has 1 unspecified atom stereocenters. The monoisotopic (exact) mass is 485 g/mol. The van der Waals surface area contributed by atoms with Crippen molar-refractivity contribution in [2.24, 2.45) is 0 Å². The van der Waals surface area contributed by atoms with Crippen LogP contribution in [0.4, 0.5) is 0 Å². The van der Waals surface area contributed by atoms with Crippen LogP contribution >= 0.6 is 0 Å². The number of fused-ring (bicyclic) bond motifs is 2. The Labute approximate surface area is 207 Å². The second-order valence-corrected chi connectivity index (χ2v) is 8.75. The highest BCUT2D eigenvalue weighted by molar-refractivity contribution is 5.80. The molecule has 8 heteroatoms. The predicted octanol–water partition coefficient (Wildman–Crippen LogP) is 3.27. The molecule has 0 saturated carbocycles. The van der Waals surface area contributed by atoms with Gasteiger partial charge in [0, 0.05) is 13.0 Å². The molecule has 184 valence electrons. The van der Waals surface area contributed by atoms with Crippen molar-refractivity contribution in [3.63, 3.8) is 0 Å². The first-order valence-corrected chi connectivity index (χ1v) is 11.8. The van der Waals surface area contributed by atoms with Crippen LogP contribution in [0.25, 0.3) is 10.8 Å². The van der Waals surface area contributed by atoms with Gasteiger partial charge in [0.1, 0.15) is 0 Å². The third-order valence-corrected chi connectivity index (χ3v) is 6.74. The Morgan fingerprint density at radius 3 is 2.33 bits per heavy atom. The summed E-state index contributed by atoms with van der Waals surface area (Å²) < 4.78 is 12.3. The molecular weight excluding hydrogens is 458 g/mol. The summed E-state index contributed by atoms with van der Waals surface area (Å²) in [6.07, 6.45) is 0.734. The van der Waals surface area contributed by atoms with Crippen molar-refractivity contribution >= 4 is 16.7 Å². The zero-order valence-electron chi connectivity index (χ0n) is 20.2. The molecule has 8 nitrogen and oxygen atoms in total. The van der Waals surface area contributed by atoms with E-state index in [1.807, 2.05) is 47.4 Å². The maximum atomic E-state index is 13.6. The molecule has 2 heterocycles. The number of aryl methyl sites for hydroxylation is 1. The Hall–Kier alpha value is -4.33. The van der Waals surface area contributed by atoms with Gasteiger partial charge < -0.3 is 14.4 Å². The molecule has 1 aromatic heterocycles. The number of H-pyrrole nitrogens is 1. The fourth-order valence-electron chi connectivity index (χ4n) is 4.96. The van der Waals surface area contributed by atoms with Crippen LogP contribution in [-0.4, -0.2) is 41.4 Å². The maximum Gasteiger partial charge on any atom is 0.273 e. The number of benzene rings is 3. The van der Waals surface area contributed by atoms with Crippen LogP contribution < -0.4 is 20.6 Å². The maximum absolute atomic E-state index is 13.6. The molecule has 1 aliphatic heterocycles. The highest BCUT2D eigenvalue weighted by Gasteiger charge is 2.33. The minimum atomic E-state index is -0.354. The molecule has 5 rings (SSSR count). The summed E-state index contributed by atoms with van der Waals surface area (Å²) in [6, 6.07) is 20.1. The van der Waals surface area contributed by atoms with Gasteiger partial charge in [0.2, 0.25) is 5.91 Å². The average Bonchev–Trinajstić information content (AvgIpc) is 2.93. The summed E-state index contributed by atoms with van der Waals surface area (Å²) in [4.78, 5) is 40.8. The Balaban J connectivity index is 1.48. The molecule has 1 aliphatic rings. The standard InChI is InChI=1S/C28H27N3O5/c1-35-23-16-19-12-14-30(26(18-8-4-3-5-9-18)22(19)17-24(23)36-2)25(32)13-15-31-28(34)21-11-7-6-10-20(21)27(33)29-31/h3-11,16-17,26H,12-15H2,1-2H3,(H,29,33). The van der Waals surface area contributed by atoms with Gasteiger partial charge in [0.15, 0.2) is 11.5 Å². The molecule has 4 aromatic rings. The van der Waals surface area contributed by atoms with Crippen molar-refractivity contribution in [1.29, 1.82) is 0 Å². The van der Waals surface area contributed by atoms with Crippen molar-refractivity contribution in [2.45, 2.75) is 25.4 Å². The molecule has 1 atom stereocenters. The van der Waals surface area contributed by atoms with Crippen LogP contribution in [0, 0.1) is 0 Å². The highest BCUT2D eigenvalue weighted by atomic mass is 16.5. The number of aromatic amines is 1. The Morgan fingerprint density at radius 2 is 1.61 bits per heavy atom. The first-order valence-electron chi connectivity index (χ1n) is 11.8. The molecule has 0 saturated heterocycles. The van der Waals surface area contributed by atoms with Crippen molar-refractivity contribution in [3.05, 3.63) is 104 Å². The summed E-state index contributed by atoms with van der Waals surface area (Å²) in [7, 11) is 3.20. The number of nitrogens with zero attached hydrogens (tertiary/aromatic N) is 2. The van der Waals surface area contributed by atoms with Crippen LogP contribution in [0.3, 0.4) is 0 Å². The van der Waals surface area contributed by atoms with E-state index in [0.29, 0.717) is 35.2 Å². The number of rotatable bonds is 6. The van der Waals surface area contributed by atoms with Crippen molar-refractivity contribution in [2.75, 3.05) is 20.8 Å². The van der Waals surface area contributed by atoms with Crippen LogP contribution in [-0.2, 0) is 17.8 Å². The smallest absolute Gasteiger partial charge is 0.273 e. The van der Waals surface area contributed by atoms with Gasteiger partial charge in [-0.1, -0.05) is 42.5 Å². The zero-order chi connectivity index (χ0) is 25.2. The second kappa shape index (κ2) is 9.73. The van der Waals surface area contributed by atoms with Gasteiger partial charge in [-0.25, -0.2) is 4.68 Å². The van der Waals surface area contributed by atoms with Gasteiger partial charge in [-0.05, 0) is 47.4 Å². The molecule has 1 N–H and O–H groups in total. The summed E-state index contributed by atoms with van der Waals surface area (Å²) in [5.74, 6) is 1.15. The summed E-state index contributed by atoms with van der Waals surface area (Å²) >= 11 is 0. The molecule has 0 radical (unpaired) electrons. The minimum Gasteiger partial charge on any atom is -0.493 e. The fourth-order valence-corrected chi connectivity index (χ4v) is 4.96. The van der Waals surface area contributed by atoms with Crippen molar-refractivity contribution in [3.8, 4) is 11.5 Å². The van der Waals surface area contributed by atoms with Gasteiger partial charge >= 0.3 is 0 Å². The molecule has 0 fully saturated rings. The first kappa shape index (κ1) is 23.4. The van der Waals surface area contributed by atoms with E-state index in [2.05, 4.69) is 5.10 Å². The van der Waals surface area contributed by atoms with E-state index in [-0.39, 0.29) is 36.0 Å². The fraction of sp³-hybridized carbons (Fsp3) is 0.250. The van der Waals surface area contributed by atoms with Crippen molar-refractivity contribution in [1.82, 2.24) is 14.7 Å². The minimum absolute atomic E-state index is 0.0696. The van der Waals surface area contributed by atoms with Gasteiger partial charge in [-0.2, -0.15) is 0 Å². The zero-order valence-corrected chi connectivity index (χ0v) is 20.2. The number of hydrogen-bond acceptors (Lipinski definition) is 5. The number of aromatic nitrogens is 2. The van der Waals surface area contributed by atoms with Gasteiger partial charge in [-0.15, -0.1) is 0 Å². The lowest BCUT2D eigenvalue weighted by Crippen LogP contribution is -2.41. The number of nitrogens with one attached hydrogen (secondary N) is 1. The second-order valence-electron chi connectivity index (χ2n) is 8.75. The van der Waals surface area contributed by atoms with E-state index in [9.17, 15) is 14.4 Å². The summed E-state index contributed by atoms with van der Waals surface area (Å²) in [6.45, 7) is 0.596. The molecule has 0 spiro atoms. The SMILES string of the molecule is COc1cc2c(cc1OC)C(c1ccccc1)N(C(=O)CCn1[nH]c(=O)c3ccccc3c1=O)CC2. The average molecular weight is 486 g/mol. The first-order chi connectivity index (χ1) is 17.5. The van der Waals surface area contributed by atoms with E-state index >= 15 is 0 Å². The van der Waals surface area contributed by atoms with Gasteiger partial charge in [0.05, 0.1) is 37.6 Å². The molecule has 3 aromatic carbocycles. The number of carbonyl (C=O) groups excluding carboxylic acids is 1. The van der Waals surface area contributed by atoms with Crippen LogP contribution in [0.5, 0.6) is 11.5 Å². The third-order valence-electron chi connectivity index (χ3n) is 6.74. The Kier molecular flexibility index (Phi) is 6.33. The van der Waals surface area contributed by atoms with E-state index < -0.39 is 0 Å². The lowest BCUT2D eigenvalue weighted by Gasteiger charge is -2.38. The topological polar surface area (TPSA) is 93.6 Å². The van der Waals surface area contributed by atoms with Crippen molar-refractivity contribution < 1.29 is 14.3 Å². The van der Waals surface area contributed by atoms with E-state index in [4.69, 9.17) is 9.47 Å². The van der Waals surface area contributed by atoms with Crippen LogP contribution in [0.15, 0.2) is 76.3 Å². The Morgan fingerprint density at radius 1 is 0.944 bits per heavy atom. The lowest BCUT2D eigenvalue weighted by atomic mass is 9.87. The molecule has 1 amide bonds. The molecule has 0 aliphatic carbocycles. The predicted molar refractivity (Wildman–Crippen MR) is 137 cm³/mol.